The topological polar surface area (TPSA) is 172 Å². The van der Waals surface area contributed by atoms with E-state index in [-0.39, 0.29) is 19.4 Å². The molecule has 0 aromatic carbocycles. The minimum Gasteiger partial charge on any atom is -0.480 e. The van der Waals surface area contributed by atoms with Crippen LogP contribution in [-0.4, -0.2) is 59.9 Å². The third-order valence-electron chi connectivity index (χ3n) is 8.13. The molecule has 56 heavy (non-hydrogen) atoms. The summed E-state index contributed by atoms with van der Waals surface area (Å²) in [5, 5.41) is 8.88. The highest BCUT2D eigenvalue weighted by atomic mass is 31.2. The molecule has 1 unspecified atom stereocenters. The van der Waals surface area contributed by atoms with E-state index in [9.17, 15) is 23.8 Å². The van der Waals surface area contributed by atoms with Crippen LogP contribution in [0.4, 0.5) is 0 Å². The first-order valence-corrected chi connectivity index (χ1v) is 22.1. The van der Waals surface area contributed by atoms with Crippen molar-refractivity contribution < 1.29 is 47.5 Å². The number of carboxylic acids is 1. The zero-order valence-corrected chi connectivity index (χ0v) is 35.1. The highest BCUT2D eigenvalue weighted by molar-refractivity contribution is 7.47. The molecule has 0 aliphatic rings. The van der Waals surface area contributed by atoms with Crippen LogP contribution in [0, 0.1) is 0 Å². The summed E-state index contributed by atoms with van der Waals surface area (Å²) < 4.78 is 32.6. The first kappa shape index (κ1) is 52.7. The van der Waals surface area contributed by atoms with Gasteiger partial charge in [-0.25, -0.2) is 4.57 Å². The van der Waals surface area contributed by atoms with Crippen molar-refractivity contribution in [2.24, 2.45) is 5.73 Å². The van der Waals surface area contributed by atoms with E-state index in [1.807, 2.05) is 0 Å². The number of hydrogen-bond acceptors (Lipinski definition) is 9. The maximum absolute atomic E-state index is 12.6. The molecule has 11 nitrogen and oxygen atoms in total. The van der Waals surface area contributed by atoms with Gasteiger partial charge in [0, 0.05) is 12.8 Å². The van der Waals surface area contributed by atoms with Crippen molar-refractivity contribution >= 4 is 25.7 Å². The summed E-state index contributed by atoms with van der Waals surface area (Å²) in [7, 11) is -4.74. The third kappa shape index (κ3) is 37.6. The molecule has 0 saturated carbocycles. The maximum atomic E-state index is 12.6. The van der Waals surface area contributed by atoms with Crippen LogP contribution in [0.2, 0.25) is 0 Å². The second-order valence-corrected chi connectivity index (χ2v) is 14.8. The van der Waals surface area contributed by atoms with E-state index >= 15 is 0 Å². The number of carbonyl (C=O) groups excluding carboxylic acids is 2. The van der Waals surface area contributed by atoms with E-state index in [4.69, 9.17) is 24.8 Å². The van der Waals surface area contributed by atoms with Gasteiger partial charge in [0.15, 0.2) is 6.10 Å². The van der Waals surface area contributed by atoms with Crippen LogP contribution in [0.25, 0.3) is 0 Å². The molecule has 0 bridgehead atoms. The van der Waals surface area contributed by atoms with Crippen molar-refractivity contribution in [1.82, 2.24) is 0 Å². The zero-order chi connectivity index (χ0) is 41.4. The largest absolute Gasteiger partial charge is 0.480 e. The molecule has 0 rings (SSSR count). The fourth-order valence-electron chi connectivity index (χ4n) is 4.88. The van der Waals surface area contributed by atoms with Crippen molar-refractivity contribution in [1.29, 1.82) is 0 Å². The predicted octanol–water partition coefficient (Wildman–Crippen LogP) is 10.7. The number of nitrogens with two attached hydrogens (primary N) is 1. The van der Waals surface area contributed by atoms with Crippen LogP contribution < -0.4 is 5.73 Å². The number of aliphatic carboxylic acids is 1. The molecule has 0 aromatic heterocycles. The lowest BCUT2D eigenvalue weighted by molar-refractivity contribution is -0.161. The number of ether oxygens (including phenoxy) is 2. The molecule has 12 heteroatoms. The van der Waals surface area contributed by atoms with Gasteiger partial charge in [0.05, 0.1) is 13.2 Å². The Labute approximate surface area is 337 Å². The molecule has 318 valence electrons. The number of carboxylic acid groups (broad SMARTS) is 1. The van der Waals surface area contributed by atoms with Crippen molar-refractivity contribution in [3.8, 4) is 0 Å². The molecular formula is C44H72NO10P. The van der Waals surface area contributed by atoms with Crippen LogP contribution in [0.1, 0.15) is 142 Å². The SMILES string of the molecule is CC/C=C\C/C=C\C/C=C\C/C=C\CCCCCCC(=O)OC[C@H](COP(=O)(O)OC[C@H](N)C(=O)O)OC(=O)CCCC/C=C\C/C=C\C/C=C\CCCCC. The fraction of sp³-hybridized carbons (Fsp3) is 0.614. The molecule has 4 N–H and O–H groups in total. The van der Waals surface area contributed by atoms with Gasteiger partial charge in [-0.1, -0.05) is 125 Å². The van der Waals surface area contributed by atoms with Gasteiger partial charge in [-0.05, 0) is 89.9 Å². The van der Waals surface area contributed by atoms with Crippen molar-refractivity contribution in [3.63, 3.8) is 0 Å². The Hall–Kier alpha value is -3.34. The van der Waals surface area contributed by atoms with Gasteiger partial charge in [-0.3, -0.25) is 23.4 Å². The first-order valence-electron chi connectivity index (χ1n) is 20.6. The van der Waals surface area contributed by atoms with E-state index in [0.717, 1.165) is 83.5 Å². The summed E-state index contributed by atoms with van der Waals surface area (Å²) >= 11 is 0. The lowest BCUT2D eigenvalue weighted by atomic mass is 10.1. The molecular weight excluding hydrogens is 733 g/mol. The minimum absolute atomic E-state index is 0.102. The number of rotatable bonds is 37. The lowest BCUT2D eigenvalue weighted by Gasteiger charge is -2.20. The number of allylic oxidation sites excluding steroid dienone is 14. The van der Waals surface area contributed by atoms with Crippen molar-refractivity contribution in [2.45, 2.75) is 154 Å². The molecule has 3 atom stereocenters. The van der Waals surface area contributed by atoms with Crippen LogP contribution in [-0.2, 0) is 37.5 Å². The molecule has 0 amide bonds. The van der Waals surface area contributed by atoms with E-state index in [1.165, 1.54) is 19.3 Å². The highest BCUT2D eigenvalue weighted by Gasteiger charge is 2.28. The second-order valence-electron chi connectivity index (χ2n) is 13.4. The molecule has 0 aromatic rings. The smallest absolute Gasteiger partial charge is 0.472 e. The summed E-state index contributed by atoms with van der Waals surface area (Å²) in [5.74, 6) is -2.47. The number of esters is 2. The highest BCUT2D eigenvalue weighted by Crippen LogP contribution is 2.43. The van der Waals surface area contributed by atoms with E-state index in [2.05, 4.69) is 103 Å². The Morgan fingerprint density at radius 2 is 1.00 bits per heavy atom. The monoisotopic (exact) mass is 805 g/mol. The lowest BCUT2D eigenvalue weighted by Crippen LogP contribution is -2.34. The van der Waals surface area contributed by atoms with Gasteiger partial charge in [-0.2, -0.15) is 0 Å². The van der Waals surface area contributed by atoms with Gasteiger partial charge in [0.25, 0.3) is 0 Å². The van der Waals surface area contributed by atoms with Gasteiger partial charge in [0.1, 0.15) is 12.6 Å². The summed E-state index contributed by atoms with van der Waals surface area (Å²) in [6.07, 6.45) is 46.5. The minimum atomic E-state index is -4.74. The van der Waals surface area contributed by atoms with Crippen LogP contribution >= 0.6 is 7.82 Å². The average molecular weight is 806 g/mol. The van der Waals surface area contributed by atoms with Gasteiger partial charge >= 0.3 is 25.7 Å². The summed E-state index contributed by atoms with van der Waals surface area (Å²) in [6.45, 7) is 2.57. The molecule has 0 spiro atoms. The van der Waals surface area contributed by atoms with E-state index < -0.39 is 51.1 Å². The maximum Gasteiger partial charge on any atom is 0.472 e. The van der Waals surface area contributed by atoms with Gasteiger partial charge in [-0.15, -0.1) is 0 Å². The predicted molar refractivity (Wildman–Crippen MR) is 226 cm³/mol. The average Bonchev–Trinajstić information content (AvgIpc) is 3.17. The third-order valence-corrected chi connectivity index (χ3v) is 9.08. The fourth-order valence-corrected chi connectivity index (χ4v) is 5.66. The Morgan fingerprint density at radius 3 is 1.52 bits per heavy atom. The number of carbonyl (C=O) groups is 3. The first-order chi connectivity index (χ1) is 27.1. The molecule has 0 aliphatic heterocycles. The van der Waals surface area contributed by atoms with Crippen LogP contribution in [0.5, 0.6) is 0 Å². The Morgan fingerprint density at radius 1 is 0.571 bits per heavy atom. The Bertz CT molecular complexity index is 1270. The number of hydrogen-bond donors (Lipinski definition) is 3. The second kappa shape index (κ2) is 38.5. The quantitative estimate of drug-likeness (QED) is 0.0236. The summed E-state index contributed by atoms with van der Waals surface area (Å²) in [4.78, 5) is 45.9. The van der Waals surface area contributed by atoms with Crippen molar-refractivity contribution in [2.75, 3.05) is 19.8 Å². The summed E-state index contributed by atoms with van der Waals surface area (Å²) in [6, 6.07) is -1.54. The number of unbranched alkanes of at least 4 members (excludes halogenated alkanes) is 9. The van der Waals surface area contributed by atoms with Gasteiger partial charge < -0.3 is 25.2 Å². The Kier molecular flexibility index (Phi) is 36.2. The molecule has 0 radical (unpaired) electrons. The normalized spacial score (nSPS) is 14.6. The molecule has 0 saturated heterocycles. The van der Waals surface area contributed by atoms with E-state index in [0.29, 0.717) is 12.8 Å². The summed E-state index contributed by atoms with van der Waals surface area (Å²) in [5.41, 5.74) is 5.32. The van der Waals surface area contributed by atoms with Crippen LogP contribution in [0.3, 0.4) is 0 Å². The molecule has 0 heterocycles. The molecule has 0 fully saturated rings. The van der Waals surface area contributed by atoms with Crippen molar-refractivity contribution in [3.05, 3.63) is 85.1 Å². The Balaban J connectivity index is 4.53. The number of phosphoric ester groups is 1. The number of phosphoric acid groups is 1. The zero-order valence-electron chi connectivity index (χ0n) is 34.2. The standard InChI is InChI=1S/C44H72NO10P/c1-3-5-7-9-11-13-15-17-19-20-22-23-25-27-29-31-33-35-42(46)52-37-40(38-53-56(50,51)54-39-41(45)44(48)49)55-43(47)36-34-32-30-28-26-24-21-18-16-14-12-10-8-6-4-2/h5,7,11-14,17-19,21-23,26,28,40-41H,3-4,6,8-10,15-16,20,24-25,27,29-39,45H2,1-2H3,(H,48,49)(H,50,51)/b7-5-,13-11-,14-12-,19-17-,21-18-,23-22-,28-26-/t40-,41+/m1/s1. The molecule has 0 aliphatic carbocycles. The van der Waals surface area contributed by atoms with Crippen LogP contribution in [0.15, 0.2) is 85.1 Å². The van der Waals surface area contributed by atoms with Gasteiger partial charge in [0.2, 0.25) is 0 Å². The van der Waals surface area contributed by atoms with E-state index in [1.54, 1.807) is 0 Å².